The molecule has 200 valence electrons. The molecule has 0 aliphatic carbocycles. The third-order valence-corrected chi connectivity index (χ3v) is 8.05. The van der Waals surface area contributed by atoms with Crippen LogP contribution in [0.25, 0.3) is 0 Å². The monoisotopic (exact) mass is 514 g/mol. The van der Waals surface area contributed by atoms with Crippen molar-refractivity contribution < 1.29 is 44.0 Å². The molecule has 33 heavy (non-hydrogen) atoms. The average molecular weight is 515 g/mol. The molecule has 11 heteroatoms. The van der Waals surface area contributed by atoms with Gasteiger partial charge in [-0.15, -0.1) is 0 Å². The zero-order chi connectivity index (χ0) is 25.4. The Labute approximate surface area is 195 Å². The molecule has 0 atom stereocenters. The Hall–Kier alpha value is -0.393. The van der Waals surface area contributed by atoms with Gasteiger partial charge in [0, 0.05) is 32.7 Å². The van der Waals surface area contributed by atoms with E-state index in [0.717, 1.165) is 0 Å². The number of alkyl halides is 7. The molecule has 3 nitrogen and oxygen atoms in total. The van der Waals surface area contributed by atoms with Gasteiger partial charge in [-0.3, -0.25) is 0 Å². The lowest BCUT2D eigenvalue weighted by atomic mass is 10.1. The summed E-state index contributed by atoms with van der Waals surface area (Å²) in [7, 11) is -5.08. The fourth-order valence-electron chi connectivity index (χ4n) is 3.03. The van der Waals surface area contributed by atoms with E-state index in [1.54, 1.807) is 0 Å². The molecule has 0 saturated heterocycles. The first-order valence-corrected chi connectivity index (χ1v) is 13.9. The molecule has 0 aliphatic rings. The normalized spacial score (nSPS) is 13.6. The lowest BCUT2D eigenvalue weighted by molar-refractivity contribution is -0.204. The molecule has 0 aromatic rings. The van der Waals surface area contributed by atoms with Crippen molar-refractivity contribution in [3.05, 3.63) is 0 Å². The smallest absolute Gasteiger partial charge is 0.370 e. The summed E-state index contributed by atoms with van der Waals surface area (Å²) in [5.74, 6) is -4.42. The molecular formula is C22H41F7O3Si. The molecule has 0 saturated carbocycles. The number of rotatable bonds is 21. The van der Waals surface area contributed by atoms with Crippen molar-refractivity contribution in [3.8, 4) is 0 Å². The van der Waals surface area contributed by atoms with Crippen LogP contribution < -0.4 is 0 Å². The summed E-state index contributed by atoms with van der Waals surface area (Å²) in [5.41, 5.74) is -4.62. The maximum absolute atomic E-state index is 15.4. The molecule has 0 amide bonds. The van der Waals surface area contributed by atoms with Crippen molar-refractivity contribution >= 4 is 8.80 Å². The summed E-state index contributed by atoms with van der Waals surface area (Å²) in [6.07, 6.45) is -2.92. The van der Waals surface area contributed by atoms with Gasteiger partial charge in [0.05, 0.1) is 0 Å². The van der Waals surface area contributed by atoms with Gasteiger partial charge < -0.3 is 13.3 Å². The maximum Gasteiger partial charge on any atom is 0.581 e. The van der Waals surface area contributed by atoms with E-state index in [1.807, 2.05) is 20.8 Å². The Morgan fingerprint density at radius 3 is 1.24 bits per heavy atom. The third-order valence-electron chi connectivity index (χ3n) is 5.16. The van der Waals surface area contributed by atoms with Gasteiger partial charge in [0.2, 0.25) is 0 Å². The van der Waals surface area contributed by atoms with E-state index in [-0.39, 0.29) is 51.9 Å². The Morgan fingerprint density at radius 1 is 0.515 bits per heavy atom. The average Bonchev–Trinajstić information content (AvgIpc) is 2.72. The van der Waals surface area contributed by atoms with Crippen molar-refractivity contribution in [2.45, 2.75) is 122 Å². The fourth-order valence-corrected chi connectivity index (χ4v) is 5.64. The van der Waals surface area contributed by atoms with Gasteiger partial charge in [-0.25, -0.2) is 0 Å². The molecule has 0 radical (unpaired) electrons. The minimum absolute atomic E-state index is 0.103. The first-order valence-electron chi connectivity index (χ1n) is 12.1. The summed E-state index contributed by atoms with van der Waals surface area (Å²) in [6.45, 7) is 4.99. The zero-order valence-electron chi connectivity index (χ0n) is 20.2. The van der Waals surface area contributed by atoms with Crippen LogP contribution in [0.15, 0.2) is 0 Å². The standard InChI is InChI=1S/C22H41F7O3Si/c1-4-7-17-30-33(31-18-8-5-2,32-19-9-6-3)22(28,29)20(23,24)15-13-11-10-12-14-16-21(25,26)27/h4-19H2,1-3H3. The number of hydrogen-bond donors (Lipinski definition) is 0. The first kappa shape index (κ1) is 32.6. The van der Waals surface area contributed by atoms with E-state index in [2.05, 4.69) is 0 Å². The molecule has 0 bridgehead atoms. The third kappa shape index (κ3) is 12.2. The van der Waals surface area contributed by atoms with Gasteiger partial charge in [0.25, 0.3) is 0 Å². The Morgan fingerprint density at radius 2 is 0.879 bits per heavy atom. The highest BCUT2D eigenvalue weighted by atomic mass is 28.4. The minimum atomic E-state index is -5.08. The minimum Gasteiger partial charge on any atom is -0.370 e. The van der Waals surface area contributed by atoms with Gasteiger partial charge in [-0.05, 0) is 32.1 Å². The lowest BCUT2D eigenvalue weighted by Crippen LogP contribution is -2.68. The van der Waals surface area contributed by atoms with Crippen LogP contribution in [0.5, 0.6) is 0 Å². The van der Waals surface area contributed by atoms with Gasteiger partial charge in [0.1, 0.15) is 0 Å². The fraction of sp³-hybridized carbons (Fsp3) is 1.00. The Balaban J connectivity index is 5.25. The van der Waals surface area contributed by atoms with E-state index in [0.29, 0.717) is 38.5 Å². The van der Waals surface area contributed by atoms with Crippen LogP contribution in [0, 0.1) is 0 Å². The Bertz CT molecular complexity index is 465. The second kappa shape index (κ2) is 16.3. The van der Waals surface area contributed by atoms with Crippen LogP contribution in [0.4, 0.5) is 30.7 Å². The van der Waals surface area contributed by atoms with E-state index in [1.165, 1.54) is 0 Å². The molecule has 0 unspecified atom stereocenters. The number of halogens is 7. The second-order valence-corrected chi connectivity index (χ2v) is 10.9. The van der Waals surface area contributed by atoms with Crippen LogP contribution in [-0.2, 0) is 13.3 Å². The van der Waals surface area contributed by atoms with Gasteiger partial charge in [0.15, 0.2) is 0 Å². The van der Waals surface area contributed by atoms with Crippen molar-refractivity contribution in [2.24, 2.45) is 0 Å². The van der Waals surface area contributed by atoms with Crippen LogP contribution in [0.1, 0.15) is 104 Å². The predicted molar refractivity (Wildman–Crippen MR) is 117 cm³/mol. The summed E-state index contributed by atoms with van der Waals surface area (Å²) < 4.78 is 113. The highest BCUT2D eigenvalue weighted by Gasteiger charge is 2.76. The van der Waals surface area contributed by atoms with Gasteiger partial charge >= 0.3 is 26.4 Å². The quantitative estimate of drug-likeness (QED) is 0.0873. The van der Waals surface area contributed by atoms with Crippen LogP contribution in [-0.4, -0.2) is 46.3 Å². The highest BCUT2D eigenvalue weighted by molar-refractivity contribution is 6.63. The van der Waals surface area contributed by atoms with Crippen LogP contribution in [0.3, 0.4) is 0 Å². The van der Waals surface area contributed by atoms with Crippen molar-refractivity contribution in [1.29, 1.82) is 0 Å². The first-order chi connectivity index (χ1) is 15.4. The SMILES string of the molecule is CCCCO[Si](OCCCC)(OCCCC)C(F)(F)C(F)(F)CCCCCCCC(F)(F)F. The van der Waals surface area contributed by atoms with Gasteiger partial charge in [-0.1, -0.05) is 59.3 Å². The molecular weight excluding hydrogens is 473 g/mol. The molecule has 0 spiro atoms. The van der Waals surface area contributed by atoms with Crippen molar-refractivity contribution in [3.63, 3.8) is 0 Å². The largest absolute Gasteiger partial charge is 0.581 e. The maximum atomic E-state index is 15.4. The van der Waals surface area contributed by atoms with Crippen molar-refractivity contribution in [2.75, 3.05) is 19.8 Å². The molecule has 0 rings (SSSR count). The van der Waals surface area contributed by atoms with Crippen molar-refractivity contribution in [1.82, 2.24) is 0 Å². The zero-order valence-corrected chi connectivity index (χ0v) is 21.2. The number of hydrogen-bond acceptors (Lipinski definition) is 3. The predicted octanol–water partition coefficient (Wildman–Crippen LogP) is 8.48. The summed E-state index contributed by atoms with van der Waals surface area (Å²) in [6, 6.07) is 0. The van der Waals surface area contributed by atoms with Crippen LogP contribution >= 0.6 is 0 Å². The summed E-state index contributed by atoms with van der Waals surface area (Å²) in [4.78, 5) is 0. The molecule has 0 aliphatic heterocycles. The van der Waals surface area contributed by atoms with E-state index in [4.69, 9.17) is 13.3 Å². The van der Waals surface area contributed by atoms with Gasteiger partial charge in [-0.2, -0.15) is 30.7 Å². The lowest BCUT2D eigenvalue weighted by Gasteiger charge is -2.39. The topological polar surface area (TPSA) is 27.7 Å². The van der Waals surface area contributed by atoms with E-state index in [9.17, 15) is 22.0 Å². The van der Waals surface area contributed by atoms with E-state index >= 15 is 8.78 Å². The summed E-state index contributed by atoms with van der Waals surface area (Å²) in [5, 5.41) is 0. The Kier molecular flexibility index (Phi) is 16.1. The molecule has 0 aromatic heterocycles. The summed E-state index contributed by atoms with van der Waals surface area (Å²) >= 11 is 0. The molecule has 0 fully saturated rings. The highest BCUT2D eigenvalue weighted by Crippen LogP contribution is 2.46. The molecule has 0 aromatic carbocycles. The van der Waals surface area contributed by atoms with E-state index < -0.39 is 39.3 Å². The second-order valence-electron chi connectivity index (χ2n) is 8.32. The molecule has 0 heterocycles. The van der Waals surface area contributed by atoms with Crippen LogP contribution in [0.2, 0.25) is 0 Å². The molecule has 0 N–H and O–H groups in total. The number of unbranched alkanes of at least 4 members (excludes halogenated alkanes) is 7.